The third-order valence-electron chi connectivity index (χ3n) is 8.46. The van der Waals surface area contributed by atoms with E-state index in [1.165, 1.54) is 29.7 Å². The van der Waals surface area contributed by atoms with Gasteiger partial charge in [0.25, 0.3) is 0 Å². The molecule has 7 heteroatoms. The lowest BCUT2D eigenvalue weighted by Crippen LogP contribution is -2.61. The number of amides is 3. The van der Waals surface area contributed by atoms with Gasteiger partial charge in [0.1, 0.15) is 12.4 Å². The van der Waals surface area contributed by atoms with Crippen molar-refractivity contribution in [2.75, 3.05) is 18.9 Å². The van der Waals surface area contributed by atoms with Crippen molar-refractivity contribution in [3.05, 3.63) is 41.1 Å². The van der Waals surface area contributed by atoms with Crippen LogP contribution in [0.3, 0.4) is 0 Å². The van der Waals surface area contributed by atoms with Crippen molar-refractivity contribution in [3.8, 4) is 5.69 Å². The van der Waals surface area contributed by atoms with Gasteiger partial charge in [-0.3, -0.25) is 4.79 Å². The van der Waals surface area contributed by atoms with Crippen LogP contribution in [0.1, 0.15) is 76.1 Å². The van der Waals surface area contributed by atoms with E-state index in [0.29, 0.717) is 5.82 Å². The highest BCUT2D eigenvalue weighted by Crippen LogP contribution is 2.55. The summed E-state index contributed by atoms with van der Waals surface area (Å²) in [6.45, 7) is 10.4. The van der Waals surface area contributed by atoms with Crippen molar-refractivity contribution in [1.29, 1.82) is 0 Å². The van der Waals surface area contributed by atoms with Crippen LogP contribution >= 0.6 is 0 Å². The maximum absolute atomic E-state index is 13.1. The topological polar surface area (TPSA) is 79.3 Å². The minimum Gasteiger partial charge on any atom is -0.333 e. The van der Waals surface area contributed by atoms with Crippen molar-refractivity contribution >= 4 is 17.8 Å². The Morgan fingerprint density at radius 3 is 2.22 bits per heavy atom. The van der Waals surface area contributed by atoms with Gasteiger partial charge < -0.3 is 15.5 Å². The minimum absolute atomic E-state index is 0.0128. The molecule has 0 spiro atoms. The fraction of sp³-hybridized carbons (Fsp3) is 0.621. The highest BCUT2D eigenvalue weighted by molar-refractivity contribution is 5.94. The smallest absolute Gasteiger partial charge is 0.318 e. The highest BCUT2D eigenvalue weighted by Gasteiger charge is 2.51. The molecule has 4 saturated carbocycles. The lowest BCUT2D eigenvalue weighted by molar-refractivity contribution is -0.116. The molecule has 36 heavy (non-hydrogen) atoms. The Morgan fingerprint density at radius 1 is 1.06 bits per heavy atom. The Morgan fingerprint density at radius 2 is 1.67 bits per heavy atom. The number of hydrogen-bond acceptors (Lipinski definition) is 3. The maximum atomic E-state index is 13.1. The molecule has 4 bridgehead atoms. The summed E-state index contributed by atoms with van der Waals surface area (Å²) in [5.74, 6) is 2.66. The molecule has 1 aromatic carbocycles. The first-order valence-corrected chi connectivity index (χ1v) is 13.4. The zero-order valence-electron chi connectivity index (χ0n) is 22.6. The van der Waals surface area contributed by atoms with E-state index in [-0.39, 0.29) is 29.4 Å². The molecule has 1 aromatic heterocycles. The van der Waals surface area contributed by atoms with E-state index in [2.05, 4.69) is 57.4 Å². The molecule has 0 saturated heterocycles. The molecule has 6 rings (SSSR count). The number of aryl methyl sites for hydroxylation is 2. The second-order valence-electron chi connectivity index (χ2n) is 12.9. The number of carbonyl (C=O) groups is 2. The summed E-state index contributed by atoms with van der Waals surface area (Å²) in [6.07, 6.45) is 7.27. The van der Waals surface area contributed by atoms with Crippen molar-refractivity contribution in [2.24, 2.45) is 17.8 Å². The Hall–Kier alpha value is -2.83. The van der Waals surface area contributed by atoms with Crippen LogP contribution in [0, 0.1) is 31.6 Å². The Kier molecular flexibility index (Phi) is 6.16. The molecule has 4 fully saturated rings. The average Bonchev–Trinajstić information content (AvgIpc) is 3.16. The van der Waals surface area contributed by atoms with E-state index < -0.39 is 0 Å². The number of urea groups is 1. The highest BCUT2D eigenvalue weighted by atomic mass is 16.2. The van der Waals surface area contributed by atoms with E-state index in [9.17, 15) is 9.59 Å². The Bertz CT molecular complexity index is 1140. The zero-order chi connectivity index (χ0) is 25.8. The van der Waals surface area contributed by atoms with E-state index in [4.69, 9.17) is 5.10 Å². The quantitative estimate of drug-likeness (QED) is 0.593. The van der Waals surface area contributed by atoms with Crippen LogP contribution in [0.25, 0.3) is 5.69 Å². The first kappa shape index (κ1) is 24.8. The number of nitrogens with zero attached hydrogens (tertiary/aromatic N) is 3. The molecule has 4 aliphatic carbocycles. The van der Waals surface area contributed by atoms with E-state index in [1.54, 1.807) is 7.05 Å². The second-order valence-corrected chi connectivity index (χ2v) is 12.9. The molecule has 194 valence electrons. The van der Waals surface area contributed by atoms with Gasteiger partial charge in [-0.1, -0.05) is 38.5 Å². The molecular formula is C29H41N5O2. The summed E-state index contributed by atoms with van der Waals surface area (Å²) in [5.41, 5.74) is 3.85. The van der Waals surface area contributed by atoms with Crippen molar-refractivity contribution < 1.29 is 9.59 Å². The van der Waals surface area contributed by atoms with Crippen LogP contribution in [0.2, 0.25) is 0 Å². The number of anilines is 1. The molecular weight excluding hydrogens is 450 g/mol. The largest absolute Gasteiger partial charge is 0.333 e. The molecule has 2 N–H and O–H groups in total. The van der Waals surface area contributed by atoms with Crippen LogP contribution in [0.15, 0.2) is 24.3 Å². The number of rotatable bonds is 5. The van der Waals surface area contributed by atoms with Gasteiger partial charge in [-0.15, -0.1) is 0 Å². The maximum Gasteiger partial charge on any atom is 0.318 e. The molecule has 0 radical (unpaired) electrons. The predicted octanol–water partition coefficient (Wildman–Crippen LogP) is 5.34. The van der Waals surface area contributed by atoms with Crippen LogP contribution in [-0.2, 0) is 10.2 Å². The first-order valence-electron chi connectivity index (χ1n) is 13.4. The second kappa shape index (κ2) is 8.93. The summed E-state index contributed by atoms with van der Waals surface area (Å²) < 4.78 is 1.81. The standard InChI is InChI=1S/C29H41N5O2/c1-18-7-8-23(19(2)9-18)34-25(13-24(32-34)28(3,4)5)30-26(35)17-33(6)27(36)31-29-14-20-10-21(15-29)12-22(11-20)16-29/h7-9,13,20-22H,10-12,14-17H2,1-6H3,(H,30,35)(H,31,36). The summed E-state index contributed by atoms with van der Waals surface area (Å²) >= 11 is 0. The molecule has 0 unspecified atom stereocenters. The number of hydrogen-bond donors (Lipinski definition) is 2. The van der Waals surface area contributed by atoms with Crippen LogP contribution < -0.4 is 10.6 Å². The van der Waals surface area contributed by atoms with Crippen molar-refractivity contribution in [2.45, 2.75) is 84.1 Å². The normalized spacial score (nSPS) is 26.7. The van der Waals surface area contributed by atoms with E-state index >= 15 is 0 Å². The summed E-state index contributed by atoms with van der Waals surface area (Å²) in [5, 5.41) is 11.2. The lowest BCUT2D eigenvalue weighted by atomic mass is 9.53. The van der Waals surface area contributed by atoms with Crippen LogP contribution in [-0.4, -0.2) is 45.8 Å². The van der Waals surface area contributed by atoms with Crippen molar-refractivity contribution in [1.82, 2.24) is 20.0 Å². The van der Waals surface area contributed by atoms with Crippen LogP contribution in [0.4, 0.5) is 10.6 Å². The van der Waals surface area contributed by atoms with Gasteiger partial charge in [-0.25, -0.2) is 9.48 Å². The van der Waals surface area contributed by atoms with E-state index in [0.717, 1.165) is 54.0 Å². The zero-order valence-corrected chi connectivity index (χ0v) is 22.6. The Labute approximate surface area is 215 Å². The number of aromatic nitrogens is 2. The summed E-state index contributed by atoms with van der Waals surface area (Å²) in [6, 6.07) is 7.99. The molecule has 3 amide bonds. The van der Waals surface area contributed by atoms with E-state index in [1.807, 2.05) is 16.8 Å². The molecule has 0 aliphatic heterocycles. The summed E-state index contributed by atoms with van der Waals surface area (Å²) in [7, 11) is 1.71. The lowest BCUT2D eigenvalue weighted by Gasteiger charge is -2.57. The van der Waals surface area contributed by atoms with Gasteiger partial charge >= 0.3 is 6.03 Å². The van der Waals surface area contributed by atoms with Crippen molar-refractivity contribution in [3.63, 3.8) is 0 Å². The summed E-state index contributed by atoms with van der Waals surface area (Å²) in [4.78, 5) is 27.7. The van der Waals surface area contributed by atoms with Gasteiger partial charge in [0.2, 0.25) is 5.91 Å². The van der Waals surface area contributed by atoms with Gasteiger partial charge in [0.15, 0.2) is 0 Å². The van der Waals surface area contributed by atoms with Crippen LogP contribution in [0.5, 0.6) is 0 Å². The molecule has 2 aromatic rings. The fourth-order valence-corrected chi connectivity index (χ4v) is 7.12. The molecule has 0 atom stereocenters. The Balaban J connectivity index is 1.28. The molecule has 7 nitrogen and oxygen atoms in total. The molecule has 1 heterocycles. The number of carbonyl (C=O) groups excluding carboxylic acids is 2. The monoisotopic (exact) mass is 491 g/mol. The number of benzene rings is 1. The van der Waals surface area contributed by atoms with Gasteiger partial charge in [0.05, 0.1) is 11.4 Å². The number of likely N-dealkylation sites (N-methyl/N-ethyl adjacent to an activating group) is 1. The molecule has 4 aliphatic rings. The fourth-order valence-electron chi connectivity index (χ4n) is 7.12. The third-order valence-corrected chi connectivity index (χ3v) is 8.46. The third kappa shape index (κ3) is 4.89. The minimum atomic E-state index is -0.232. The SMILES string of the molecule is Cc1ccc(-n2nc(C(C)(C)C)cc2NC(=O)CN(C)C(=O)NC23CC4CC(CC(C4)C2)C3)c(C)c1. The van der Waals surface area contributed by atoms with Gasteiger partial charge in [-0.2, -0.15) is 5.10 Å². The predicted molar refractivity (Wildman–Crippen MR) is 142 cm³/mol. The number of nitrogens with one attached hydrogen (secondary N) is 2. The first-order chi connectivity index (χ1) is 16.9. The van der Waals surface area contributed by atoms with Gasteiger partial charge in [0, 0.05) is 24.1 Å². The average molecular weight is 492 g/mol. The van der Waals surface area contributed by atoms with Gasteiger partial charge in [-0.05, 0) is 81.8 Å².